The molecule has 0 atom stereocenters. The molecule has 0 radical (unpaired) electrons. The van der Waals surface area contributed by atoms with E-state index in [1.54, 1.807) is 0 Å². The van der Waals surface area contributed by atoms with Crippen LogP contribution in [-0.2, 0) is 4.79 Å². The Bertz CT molecular complexity index is 139. The number of unbranched alkanes of at least 4 members (excludes halogenated alkanes) is 4. The van der Waals surface area contributed by atoms with E-state index < -0.39 is 5.97 Å². The molecule has 0 rings (SSSR count). The van der Waals surface area contributed by atoms with Crippen molar-refractivity contribution in [3.63, 3.8) is 0 Å². The van der Waals surface area contributed by atoms with Crippen molar-refractivity contribution in [3.8, 4) is 0 Å². The van der Waals surface area contributed by atoms with Crippen molar-refractivity contribution in [3.05, 3.63) is 12.2 Å². The van der Waals surface area contributed by atoms with Crippen molar-refractivity contribution in [2.75, 3.05) is 0 Å². The first-order chi connectivity index (χ1) is 5.77. The zero-order valence-corrected chi connectivity index (χ0v) is 7.75. The predicted octanol–water partition coefficient (Wildman–Crippen LogP) is 2.99. The molecule has 0 heterocycles. The van der Waals surface area contributed by atoms with Crippen LogP contribution < -0.4 is 0 Å². The van der Waals surface area contributed by atoms with Gasteiger partial charge in [-0.15, -0.1) is 0 Å². The van der Waals surface area contributed by atoms with Crippen LogP contribution in [0.4, 0.5) is 0 Å². The van der Waals surface area contributed by atoms with Gasteiger partial charge in [0.15, 0.2) is 0 Å². The number of aliphatic carboxylic acids is 1. The SMILES string of the molecule is C/C=C\CCCCCCC(=O)O. The average Bonchev–Trinajstić information content (AvgIpc) is 2.02. The standard InChI is InChI=1S/C10H18O2/c1-2-3-4-5-6-7-8-9-10(11)12/h2-3H,4-9H2,1H3,(H,11,12)/b3-2-. The Kier molecular flexibility index (Phi) is 7.76. The molecule has 0 aromatic rings. The number of carbonyl (C=O) groups is 1. The summed E-state index contributed by atoms with van der Waals surface area (Å²) in [6.07, 6.45) is 9.86. The van der Waals surface area contributed by atoms with Crippen LogP contribution in [0.25, 0.3) is 0 Å². The summed E-state index contributed by atoms with van der Waals surface area (Å²) in [5.41, 5.74) is 0. The van der Waals surface area contributed by atoms with E-state index in [4.69, 9.17) is 5.11 Å². The van der Waals surface area contributed by atoms with Gasteiger partial charge in [-0.25, -0.2) is 0 Å². The minimum absolute atomic E-state index is 0.323. The van der Waals surface area contributed by atoms with Gasteiger partial charge < -0.3 is 5.11 Å². The Balaban J connectivity index is 2.96. The first-order valence-electron chi connectivity index (χ1n) is 4.60. The molecule has 0 unspecified atom stereocenters. The van der Waals surface area contributed by atoms with E-state index in [0.29, 0.717) is 6.42 Å². The highest BCUT2D eigenvalue weighted by Gasteiger charge is 1.95. The lowest BCUT2D eigenvalue weighted by Gasteiger charge is -1.96. The maximum atomic E-state index is 10.1. The second-order valence-electron chi connectivity index (χ2n) is 2.92. The lowest BCUT2D eigenvalue weighted by Crippen LogP contribution is -1.93. The quantitative estimate of drug-likeness (QED) is 0.471. The Morgan fingerprint density at radius 1 is 1.25 bits per heavy atom. The van der Waals surface area contributed by atoms with Gasteiger partial charge in [-0.05, 0) is 26.2 Å². The lowest BCUT2D eigenvalue weighted by atomic mass is 10.1. The highest BCUT2D eigenvalue weighted by atomic mass is 16.4. The van der Waals surface area contributed by atoms with Gasteiger partial charge in [0, 0.05) is 6.42 Å². The molecule has 0 fully saturated rings. The van der Waals surface area contributed by atoms with Gasteiger partial charge in [0.1, 0.15) is 0 Å². The molecule has 1 N–H and O–H groups in total. The fourth-order valence-corrected chi connectivity index (χ4v) is 1.06. The summed E-state index contributed by atoms with van der Waals surface area (Å²) >= 11 is 0. The first kappa shape index (κ1) is 11.2. The summed E-state index contributed by atoms with van der Waals surface area (Å²) in [6, 6.07) is 0. The van der Waals surface area contributed by atoms with E-state index in [1.165, 1.54) is 6.42 Å². The first-order valence-corrected chi connectivity index (χ1v) is 4.60. The van der Waals surface area contributed by atoms with E-state index in [1.807, 2.05) is 6.92 Å². The monoisotopic (exact) mass is 170 g/mol. The molecule has 2 heteroatoms. The summed E-state index contributed by atoms with van der Waals surface area (Å²) in [5.74, 6) is -0.677. The number of carboxylic acid groups (broad SMARTS) is 1. The van der Waals surface area contributed by atoms with Crippen LogP contribution in [0.3, 0.4) is 0 Å². The molecule has 0 saturated heterocycles. The van der Waals surface area contributed by atoms with Gasteiger partial charge in [0.25, 0.3) is 0 Å². The largest absolute Gasteiger partial charge is 0.481 e. The van der Waals surface area contributed by atoms with E-state index in [2.05, 4.69) is 12.2 Å². The van der Waals surface area contributed by atoms with Crippen LogP contribution in [0.2, 0.25) is 0 Å². The molecule has 0 aliphatic heterocycles. The van der Waals surface area contributed by atoms with Crippen molar-refractivity contribution in [2.24, 2.45) is 0 Å². The molecule has 0 amide bonds. The second kappa shape index (κ2) is 8.31. The minimum atomic E-state index is -0.677. The third-order valence-corrected chi connectivity index (χ3v) is 1.75. The van der Waals surface area contributed by atoms with Crippen LogP contribution in [0.1, 0.15) is 45.4 Å². The number of hydrogen-bond acceptors (Lipinski definition) is 1. The molecular weight excluding hydrogens is 152 g/mol. The van der Waals surface area contributed by atoms with Crippen LogP contribution in [-0.4, -0.2) is 11.1 Å². The molecule has 12 heavy (non-hydrogen) atoms. The van der Waals surface area contributed by atoms with Gasteiger partial charge in [0.05, 0.1) is 0 Å². The van der Waals surface area contributed by atoms with Crippen molar-refractivity contribution in [2.45, 2.75) is 45.4 Å². The third-order valence-electron chi connectivity index (χ3n) is 1.75. The van der Waals surface area contributed by atoms with Crippen molar-refractivity contribution in [1.29, 1.82) is 0 Å². The zero-order chi connectivity index (χ0) is 9.23. The topological polar surface area (TPSA) is 37.3 Å². The molecule has 70 valence electrons. The van der Waals surface area contributed by atoms with E-state index in [9.17, 15) is 4.79 Å². The Morgan fingerprint density at radius 3 is 2.50 bits per heavy atom. The maximum absolute atomic E-state index is 10.1. The number of allylic oxidation sites excluding steroid dienone is 2. The fourth-order valence-electron chi connectivity index (χ4n) is 1.06. The molecular formula is C10H18O2. The molecule has 0 aliphatic carbocycles. The van der Waals surface area contributed by atoms with E-state index in [0.717, 1.165) is 25.7 Å². The highest BCUT2D eigenvalue weighted by molar-refractivity contribution is 5.66. The summed E-state index contributed by atoms with van der Waals surface area (Å²) in [6.45, 7) is 2.02. The Hall–Kier alpha value is -0.790. The van der Waals surface area contributed by atoms with Crippen molar-refractivity contribution >= 4 is 5.97 Å². The summed E-state index contributed by atoms with van der Waals surface area (Å²) in [5, 5.41) is 8.34. The van der Waals surface area contributed by atoms with Gasteiger partial charge in [-0.1, -0.05) is 25.0 Å². The lowest BCUT2D eigenvalue weighted by molar-refractivity contribution is -0.137. The molecule has 2 nitrogen and oxygen atoms in total. The van der Waals surface area contributed by atoms with Gasteiger partial charge in [0.2, 0.25) is 0 Å². The number of hydrogen-bond donors (Lipinski definition) is 1. The third kappa shape index (κ3) is 9.21. The van der Waals surface area contributed by atoms with Crippen LogP contribution >= 0.6 is 0 Å². The normalized spacial score (nSPS) is 10.8. The molecule has 0 aromatic carbocycles. The molecule has 0 bridgehead atoms. The van der Waals surface area contributed by atoms with Crippen LogP contribution in [0, 0.1) is 0 Å². The molecule has 0 saturated carbocycles. The van der Waals surface area contributed by atoms with Crippen LogP contribution in [0.5, 0.6) is 0 Å². The molecule has 0 aromatic heterocycles. The molecule has 0 spiro atoms. The fraction of sp³-hybridized carbons (Fsp3) is 0.700. The maximum Gasteiger partial charge on any atom is 0.303 e. The smallest absolute Gasteiger partial charge is 0.303 e. The summed E-state index contributed by atoms with van der Waals surface area (Å²) in [7, 11) is 0. The summed E-state index contributed by atoms with van der Waals surface area (Å²) in [4.78, 5) is 10.1. The minimum Gasteiger partial charge on any atom is -0.481 e. The van der Waals surface area contributed by atoms with Gasteiger partial charge >= 0.3 is 5.97 Å². The average molecular weight is 170 g/mol. The van der Waals surface area contributed by atoms with Crippen molar-refractivity contribution < 1.29 is 9.90 Å². The predicted molar refractivity (Wildman–Crippen MR) is 50.2 cm³/mol. The highest BCUT2D eigenvalue weighted by Crippen LogP contribution is 2.05. The van der Waals surface area contributed by atoms with Gasteiger partial charge in [-0.3, -0.25) is 4.79 Å². The zero-order valence-electron chi connectivity index (χ0n) is 7.75. The second-order valence-corrected chi connectivity index (χ2v) is 2.92. The van der Waals surface area contributed by atoms with Crippen molar-refractivity contribution in [1.82, 2.24) is 0 Å². The Morgan fingerprint density at radius 2 is 1.92 bits per heavy atom. The summed E-state index contributed by atoms with van der Waals surface area (Å²) < 4.78 is 0. The van der Waals surface area contributed by atoms with E-state index >= 15 is 0 Å². The Labute approximate surface area is 74.3 Å². The van der Waals surface area contributed by atoms with E-state index in [-0.39, 0.29) is 0 Å². The number of carboxylic acids is 1. The van der Waals surface area contributed by atoms with Crippen LogP contribution in [0.15, 0.2) is 12.2 Å². The number of rotatable bonds is 7. The molecule has 0 aliphatic rings. The van der Waals surface area contributed by atoms with Gasteiger partial charge in [-0.2, -0.15) is 0 Å².